The average Bonchev–Trinajstić information content (AvgIpc) is 2.48. The fourth-order valence-electron chi connectivity index (χ4n) is 5.78. The van der Waals surface area contributed by atoms with E-state index >= 15 is 0 Å². The summed E-state index contributed by atoms with van der Waals surface area (Å²) in [5, 5.41) is 6.27. The lowest BCUT2D eigenvalue weighted by Crippen LogP contribution is -2.56. The van der Waals surface area contributed by atoms with Crippen molar-refractivity contribution in [3.05, 3.63) is 27.8 Å². The Hall–Kier alpha value is -0.780. The molecule has 1 unspecified atom stereocenters. The number of amides is 2. The van der Waals surface area contributed by atoms with Crippen LogP contribution in [0.15, 0.2) is 24.3 Å². The summed E-state index contributed by atoms with van der Waals surface area (Å²) in [5.41, 5.74) is 1.25. The minimum atomic E-state index is -0.0580. The molecule has 124 valence electrons. The molecule has 3 nitrogen and oxygen atoms in total. The Kier molecular flexibility index (Phi) is 4.06. The lowest BCUT2D eigenvalue weighted by atomic mass is 9.48. The minimum absolute atomic E-state index is 0.0580. The summed E-state index contributed by atoms with van der Waals surface area (Å²) in [4.78, 5) is 12.4. The highest BCUT2D eigenvalue weighted by Gasteiger charge is 2.53. The van der Waals surface area contributed by atoms with Gasteiger partial charge >= 0.3 is 6.03 Å². The zero-order chi connectivity index (χ0) is 16.0. The van der Waals surface area contributed by atoms with Crippen molar-refractivity contribution in [3.8, 4) is 0 Å². The zero-order valence-electron chi connectivity index (χ0n) is 13.6. The van der Waals surface area contributed by atoms with Gasteiger partial charge in [-0.3, -0.25) is 0 Å². The van der Waals surface area contributed by atoms with Gasteiger partial charge in [0.1, 0.15) is 0 Å². The summed E-state index contributed by atoms with van der Waals surface area (Å²) in [6, 6.07) is 8.12. The third-order valence-electron chi connectivity index (χ3n) is 6.47. The Labute approximate surface area is 152 Å². The first-order chi connectivity index (χ1) is 11.0. The lowest BCUT2D eigenvalue weighted by Gasteiger charge is -2.59. The van der Waals surface area contributed by atoms with Gasteiger partial charge in [-0.05, 0) is 103 Å². The summed E-state index contributed by atoms with van der Waals surface area (Å²) < 4.78 is 1.07. The van der Waals surface area contributed by atoms with Gasteiger partial charge in [0.25, 0.3) is 0 Å². The molecule has 1 aromatic rings. The van der Waals surface area contributed by atoms with Crippen molar-refractivity contribution in [1.82, 2.24) is 5.32 Å². The van der Waals surface area contributed by atoms with Gasteiger partial charge in [0.15, 0.2) is 0 Å². The maximum atomic E-state index is 12.4. The molecule has 0 aliphatic heterocycles. The summed E-state index contributed by atoms with van der Waals surface area (Å²) in [6.07, 6.45) is 8.30. The largest absolute Gasteiger partial charge is 0.335 e. The van der Waals surface area contributed by atoms with Crippen LogP contribution in [-0.4, -0.2) is 12.1 Å². The number of hydrogen-bond donors (Lipinski definition) is 2. The van der Waals surface area contributed by atoms with Crippen LogP contribution in [0.25, 0.3) is 0 Å². The molecule has 2 amide bonds. The number of rotatable bonds is 3. The fraction of sp³-hybridized carbons (Fsp3) is 0.632. The van der Waals surface area contributed by atoms with Gasteiger partial charge in [0.05, 0.1) is 5.69 Å². The van der Waals surface area contributed by atoms with Crippen LogP contribution in [-0.2, 0) is 0 Å². The molecule has 4 heteroatoms. The molecule has 4 aliphatic carbocycles. The van der Waals surface area contributed by atoms with E-state index in [0.717, 1.165) is 27.0 Å². The molecule has 0 spiro atoms. The molecule has 1 aromatic carbocycles. The van der Waals surface area contributed by atoms with E-state index in [9.17, 15) is 4.79 Å². The molecule has 4 aliphatic rings. The number of para-hydroxylation sites is 1. The van der Waals surface area contributed by atoms with Crippen molar-refractivity contribution in [1.29, 1.82) is 0 Å². The zero-order valence-corrected chi connectivity index (χ0v) is 15.8. The van der Waals surface area contributed by atoms with Crippen LogP contribution in [0.3, 0.4) is 0 Å². The highest BCUT2D eigenvalue weighted by Crippen LogP contribution is 2.61. The first-order valence-electron chi connectivity index (χ1n) is 8.86. The average molecular weight is 424 g/mol. The first kappa shape index (κ1) is 15.7. The standard InChI is InChI=1S/C19H25IN2O/c1-12(21-18(23)22-17-5-3-2-4-16(17)20)19-9-13-6-14(10-19)8-15(7-13)11-19/h2-5,12-15H,6-11H2,1H3,(H2,21,22,23). The fourth-order valence-corrected chi connectivity index (χ4v) is 6.30. The van der Waals surface area contributed by atoms with Crippen LogP contribution >= 0.6 is 22.6 Å². The molecule has 4 saturated carbocycles. The molecule has 0 radical (unpaired) electrons. The number of urea groups is 1. The minimum Gasteiger partial charge on any atom is -0.335 e. The van der Waals surface area contributed by atoms with Crippen molar-refractivity contribution < 1.29 is 4.79 Å². The molecule has 1 atom stereocenters. The molecule has 0 heterocycles. The topological polar surface area (TPSA) is 41.1 Å². The van der Waals surface area contributed by atoms with Crippen LogP contribution in [0.4, 0.5) is 10.5 Å². The van der Waals surface area contributed by atoms with E-state index in [1.807, 2.05) is 24.3 Å². The lowest BCUT2D eigenvalue weighted by molar-refractivity contribution is -0.0679. The van der Waals surface area contributed by atoms with Gasteiger partial charge in [-0.2, -0.15) is 0 Å². The maximum absolute atomic E-state index is 12.4. The molecule has 4 bridgehead atoms. The van der Waals surface area contributed by atoms with E-state index in [1.165, 1.54) is 38.5 Å². The van der Waals surface area contributed by atoms with Gasteiger partial charge in [-0.1, -0.05) is 12.1 Å². The summed E-state index contributed by atoms with van der Waals surface area (Å²) >= 11 is 2.26. The van der Waals surface area contributed by atoms with Gasteiger partial charge < -0.3 is 10.6 Å². The Morgan fingerprint density at radius 2 is 1.70 bits per heavy atom. The quantitative estimate of drug-likeness (QED) is 0.658. The normalized spacial score (nSPS) is 35.8. The third-order valence-corrected chi connectivity index (χ3v) is 7.41. The first-order valence-corrected chi connectivity index (χ1v) is 9.94. The Bertz CT molecular complexity index is 580. The highest BCUT2D eigenvalue weighted by molar-refractivity contribution is 14.1. The van der Waals surface area contributed by atoms with Gasteiger partial charge in [0, 0.05) is 9.61 Å². The van der Waals surface area contributed by atoms with Crippen molar-refractivity contribution in [2.75, 3.05) is 5.32 Å². The van der Waals surface area contributed by atoms with Crippen molar-refractivity contribution in [2.45, 2.75) is 51.5 Å². The molecular weight excluding hydrogens is 399 g/mol. The second-order valence-corrected chi connectivity index (χ2v) is 9.24. The molecule has 0 aromatic heterocycles. The third kappa shape index (κ3) is 2.99. The number of benzene rings is 1. The van der Waals surface area contributed by atoms with Crippen molar-refractivity contribution in [2.24, 2.45) is 23.2 Å². The van der Waals surface area contributed by atoms with E-state index in [0.29, 0.717) is 5.41 Å². The predicted molar refractivity (Wildman–Crippen MR) is 101 cm³/mol. The number of carbonyl (C=O) groups is 1. The number of hydrogen-bond acceptors (Lipinski definition) is 1. The van der Waals surface area contributed by atoms with Gasteiger partial charge in [-0.25, -0.2) is 4.79 Å². The van der Waals surface area contributed by atoms with Crippen molar-refractivity contribution >= 4 is 34.3 Å². The molecule has 23 heavy (non-hydrogen) atoms. The van der Waals surface area contributed by atoms with Gasteiger partial charge in [0.2, 0.25) is 0 Å². The summed E-state index contributed by atoms with van der Waals surface area (Å²) in [5.74, 6) is 2.76. The Morgan fingerprint density at radius 1 is 1.13 bits per heavy atom. The van der Waals surface area contributed by atoms with Crippen LogP contribution < -0.4 is 10.6 Å². The monoisotopic (exact) mass is 424 g/mol. The molecule has 5 rings (SSSR count). The smallest absolute Gasteiger partial charge is 0.319 e. The van der Waals surface area contributed by atoms with Crippen LogP contribution in [0.2, 0.25) is 0 Å². The number of carbonyl (C=O) groups excluding carboxylic acids is 1. The molecular formula is C19H25IN2O. The van der Waals surface area contributed by atoms with E-state index in [1.54, 1.807) is 0 Å². The Morgan fingerprint density at radius 3 is 2.26 bits per heavy atom. The van der Waals surface area contributed by atoms with Crippen LogP contribution in [0, 0.1) is 26.7 Å². The van der Waals surface area contributed by atoms with Crippen LogP contribution in [0.5, 0.6) is 0 Å². The molecule has 0 saturated heterocycles. The number of halogens is 1. The Balaban J connectivity index is 1.43. The number of anilines is 1. The molecule has 2 N–H and O–H groups in total. The number of nitrogens with one attached hydrogen (secondary N) is 2. The second kappa shape index (κ2) is 5.94. The summed E-state index contributed by atoms with van der Waals surface area (Å²) in [6.45, 7) is 2.22. The van der Waals surface area contributed by atoms with E-state index in [-0.39, 0.29) is 12.1 Å². The van der Waals surface area contributed by atoms with Crippen LogP contribution in [0.1, 0.15) is 45.4 Å². The highest BCUT2D eigenvalue weighted by atomic mass is 127. The second-order valence-electron chi connectivity index (χ2n) is 8.08. The molecule has 4 fully saturated rings. The van der Waals surface area contributed by atoms with E-state index in [2.05, 4.69) is 40.1 Å². The predicted octanol–water partition coefficient (Wildman–Crippen LogP) is 5.02. The van der Waals surface area contributed by atoms with E-state index in [4.69, 9.17) is 0 Å². The summed E-state index contributed by atoms with van der Waals surface area (Å²) in [7, 11) is 0. The van der Waals surface area contributed by atoms with Crippen molar-refractivity contribution in [3.63, 3.8) is 0 Å². The van der Waals surface area contributed by atoms with Gasteiger partial charge in [-0.15, -0.1) is 0 Å². The van der Waals surface area contributed by atoms with E-state index < -0.39 is 0 Å². The maximum Gasteiger partial charge on any atom is 0.319 e. The SMILES string of the molecule is CC(NC(=O)Nc1ccccc1I)C12CC3CC(CC(C3)C1)C2.